The smallest absolute Gasteiger partial charge is 0.0499 e. The lowest BCUT2D eigenvalue weighted by atomic mass is 10.1. The summed E-state index contributed by atoms with van der Waals surface area (Å²) in [4.78, 5) is 0. The summed E-state index contributed by atoms with van der Waals surface area (Å²) < 4.78 is 0. The normalized spacial score (nSPS) is 12.8. The van der Waals surface area contributed by atoms with Gasteiger partial charge in [0.05, 0.1) is 0 Å². The maximum atomic E-state index is 5.90. The first-order valence-corrected chi connectivity index (χ1v) is 6.25. The van der Waals surface area contributed by atoms with Crippen molar-refractivity contribution < 1.29 is 0 Å². The summed E-state index contributed by atoms with van der Waals surface area (Å²) in [5, 5.41) is 4.94. The molecule has 1 N–H and O–H groups in total. The van der Waals surface area contributed by atoms with Crippen molar-refractivity contribution in [3.63, 3.8) is 0 Å². The monoisotopic (exact) mass is 263 g/mol. The lowest BCUT2D eigenvalue weighted by Crippen LogP contribution is -2.25. The van der Waals surface area contributed by atoms with Gasteiger partial charge < -0.3 is 5.32 Å². The molecular weight excluding hydrogens is 249 g/mol. The molecule has 1 rings (SSSR count). The molecule has 0 saturated heterocycles. The molecule has 1 aromatic rings. The average Bonchev–Trinajstić information content (AvgIpc) is 2.16. The van der Waals surface area contributed by atoms with Crippen LogP contribution >= 0.6 is 35.8 Å². The fraction of sp³-hybridized carbons (Fsp3) is 0.455. The molecule has 1 aromatic carbocycles. The Kier molecular flexibility index (Phi) is 5.83. The van der Waals surface area contributed by atoms with E-state index in [4.69, 9.17) is 23.2 Å². The Balaban J connectivity index is 2.43. The molecular formula is C11H15Cl2NS. The topological polar surface area (TPSA) is 12.0 Å². The molecule has 0 fully saturated rings. The Morgan fingerprint density at radius 2 is 1.87 bits per heavy atom. The molecule has 0 aliphatic heterocycles. The van der Waals surface area contributed by atoms with Crippen molar-refractivity contribution in [2.24, 2.45) is 0 Å². The molecule has 0 saturated carbocycles. The summed E-state index contributed by atoms with van der Waals surface area (Å²) in [5.41, 5.74) is 1.15. The van der Waals surface area contributed by atoms with E-state index in [1.807, 2.05) is 12.1 Å². The van der Waals surface area contributed by atoms with Crippen LogP contribution in [0, 0.1) is 0 Å². The zero-order chi connectivity index (χ0) is 11.3. The van der Waals surface area contributed by atoms with E-state index in [9.17, 15) is 0 Å². The van der Waals surface area contributed by atoms with Crippen molar-refractivity contribution in [2.75, 3.05) is 6.54 Å². The Morgan fingerprint density at radius 1 is 1.27 bits per heavy atom. The van der Waals surface area contributed by atoms with Crippen LogP contribution in [0.1, 0.15) is 18.9 Å². The number of thiol groups is 1. The minimum Gasteiger partial charge on any atom is -0.305 e. The van der Waals surface area contributed by atoms with Gasteiger partial charge in [-0.1, -0.05) is 30.1 Å². The van der Waals surface area contributed by atoms with Gasteiger partial charge in [-0.05, 0) is 36.6 Å². The minimum atomic E-state index is 0.264. The minimum absolute atomic E-state index is 0.264. The van der Waals surface area contributed by atoms with Crippen LogP contribution < -0.4 is 5.32 Å². The molecule has 0 aliphatic rings. The van der Waals surface area contributed by atoms with Gasteiger partial charge in [-0.15, -0.1) is 0 Å². The number of halogens is 2. The highest BCUT2D eigenvalue weighted by atomic mass is 35.5. The van der Waals surface area contributed by atoms with Gasteiger partial charge in [0.2, 0.25) is 0 Å². The van der Waals surface area contributed by atoms with Crippen molar-refractivity contribution >= 4 is 35.8 Å². The van der Waals surface area contributed by atoms with Gasteiger partial charge in [-0.3, -0.25) is 0 Å². The summed E-state index contributed by atoms with van der Waals surface area (Å²) in [7, 11) is 0. The van der Waals surface area contributed by atoms with Gasteiger partial charge >= 0.3 is 0 Å². The van der Waals surface area contributed by atoms with Crippen LogP contribution in [0.3, 0.4) is 0 Å². The molecule has 0 bridgehead atoms. The van der Waals surface area contributed by atoms with Crippen LogP contribution in [0.2, 0.25) is 10.0 Å². The van der Waals surface area contributed by atoms with Gasteiger partial charge in [0.15, 0.2) is 0 Å². The SMILES string of the molecule is CCC(S)NCCc1cc(Cl)cc(Cl)c1. The lowest BCUT2D eigenvalue weighted by Gasteiger charge is -2.10. The zero-order valence-corrected chi connectivity index (χ0v) is 11.0. The Hall–Kier alpha value is 0.110. The maximum absolute atomic E-state index is 5.90. The van der Waals surface area contributed by atoms with E-state index in [-0.39, 0.29) is 5.37 Å². The Labute approximate surface area is 107 Å². The molecule has 0 aromatic heterocycles. The summed E-state index contributed by atoms with van der Waals surface area (Å²) in [6, 6.07) is 5.62. The molecule has 0 amide bonds. The molecule has 84 valence electrons. The summed E-state index contributed by atoms with van der Waals surface area (Å²) in [6.07, 6.45) is 1.93. The van der Waals surface area contributed by atoms with Crippen molar-refractivity contribution in [3.05, 3.63) is 33.8 Å². The zero-order valence-electron chi connectivity index (χ0n) is 8.63. The molecule has 1 atom stereocenters. The van der Waals surface area contributed by atoms with Crippen LogP contribution in [0.5, 0.6) is 0 Å². The first-order valence-electron chi connectivity index (χ1n) is 4.98. The third kappa shape index (κ3) is 5.12. The third-order valence-electron chi connectivity index (χ3n) is 2.10. The second-order valence-electron chi connectivity index (χ2n) is 3.41. The maximum Gasteiger partial charge on any atom is 0.0499 e. The van der Waals surface area contributed by atoms with Gasteiger partial charge in [0.1, 0.15) is 0 Å². The van der Waals surface area contributed by atoms with Crippen LogP contribution in [0.4, 0.5) is 0 Å². The molecule has 0 spiro atoms. The van der Waals surface area contributed by atoms with Gasteiger partial charge in [-0.25, -0.2) is 0 Å². The fourth-order valence-electron chi connectivity index (χ4n) is 1.28. The number of nitrogens with one attached hydrogen (secondary N) is 1. The number of hydrogen-bond donors (Lipinski definition) is 2. The van der Waals surface area contributed by atoms with Crippen LogP contribution in [0.15, 0.2) is 18.2 Å². The average molecular weight is 264 g/mol. The highest BCUT2D eigenvalue weighted by Crippen LogP contribution is 2.19. The van der Waals surface area contributed by atoms with Crippen molar-refractivity contribution in [1.82, 2.24) is 5.32 Å². The van der Waals surface area contributed by atoms with E-state index in [0.29, 0.717) is 10.0 Å². The summed E-state index contributed by atoms with van der Waals surface area (Å²) >= 11 is 16.2. The van der Waals surface area contributed by atoms with Crippen LogP contribution in [0.25, 0.3) is 0 Å². The van der Waals surface area contributed by atoms with E-state index in [1.54, 1.807) is 6.07 Å². The van der Waals surface area contributed by atoms with Crippen LogP contribution in [-0.2, 0) is 6.42 Å². The summed E-state index contributed by atoms with van der Waals surface area (Å²) in [6.45, 7) is 2.99. The fourth-order valence-corrected chi connectivity index (χ4v) is 1.98. The molecule has 0 aliphatic carbocycles. The van der Waals surface area contributed by atoms with E-state index < -0.39 is 0 Å². The number of rotatable bonds is 5. The van der Waals surface area contributed by atoms with E-state index >= 15 is 0 Å². The summed E-state index contributed by atoms with van der Waals surface area (Å²) in [5.74, 6) is 0. The lowest BCUT2D eigenvalue weighted by molar-refractivity contribution is 0.636. The van der Waals surface area contributed by atoms with Crippen molar-refractivity contribution in [2.45, 2.75) is 25.1 Å². The largest absolute Gasteiger partial charge is 0.305 e. The number of benzene rings is 1. The predicted octanol–water partition coefficient (Wildman–Crippen LogP) is 3.79. The molecule has 0 heterocycles. The van der Waals surface area contributed by atoms with Gasteiger partial charge in [0, 0.05) is 22.0 Å². The van der Waals surface area contributed by atoms with Crippen molar-refractivity contribution in [3.8, 4) is 0 Å². The Bertz CT molecular complexity index is 297. The highest BCUT2D eigenvalue weighted by molar-refractivity contribution is 7.80. The standard InChI is InChI=1S/C11H15Cl2NS/c1-2-11(15)14-4-3-8-5-9(12)7-10(13)6-8/h5-7,11,14-15H,2-4H2,1H3. The molecule has 4 heteroatoms. The molecule has 1 nitrogen and oxygen atoms in total. The third-order valence-corrected chi connectivity index (χ3v) is 3.09. The Morgan fingerprint density at radius 3 is 2.40 bits per heavy atom. The first kappa shape index (κ1) is 13.2. The van der Waals surface area contributed by atoms with E-state index in [0.717, 1.165) is 24.9 Å². The van der Waals surface area contributed by atoms with Gasteiger partial charge in [0.25, 0.3) is 0 Å². The predicted molar refractivity (Wildman–Crippen MR) is 71.2 cm³/mol. The molecule has 1 unspecified atom stereocenters. The van der Waals surface area contributed by atoms with Crippen LogP contribution in [-0.4, -0.2) is 11.9 Å². The first-order chi connectivity index (χ1) is 7.11. The van der Waals surface area contributed by atoms with Crippen molar-refractivity contribution in [1.29, 1.82) is 0 Å². The molecule has 0 radical (unpaired) electrons. The number of hydrogen-bond acceptors (Lipinski definition) is 2. The highest BCUT2D eigenvalue weighted by Gasteiger charge is 2.00. The van der Waals surface area contributed by atoms with E-state index in [2.05, 4.69) is 24.9 Å². The molecule has 15 heavy (non-hydrogen) atoms. The van der Waals surface area contributed by atoms with Gasteiger partial charge in [-0.2, -0.15) is 12.6 Å². The second-order valence-corrected chi connectivity index (χ2v) is 4.90. The van der Waals surface area contributed by atoms with E-state index in [1.165, 1.54) is 0 Å². The second kappa shape index (κ2) is 6.64. The quantitative estimate of drug-likeness (QED) is 0.609.